The molecule has 1 aromatic rings. The molecular weight excluding hydrogens is 276 g/mol. The maximum atomic E-state index is 11.3. The van der Waals surface area contributed by atoms with Crippen molar-refractivity contribution in [1.29, 1.82) is 0 Å². The van der Waals surface area contributed by atoms with E-state index in [1.54, 1.807) is 11.3 Å². The second kappa shape index (κ2) is 8.21. The molecule has 0 bridgehead atoms. The van der Waals surface area contributed by atoms with E-state index in [-0.39, 0.29) is 5.97 Å². The number of thiazole rings is 1. The van der Waals surface area contributed by atoms with E-state index in [0.29, 0.717) is 25.6 Å². The van der Waals surface area contributed by atoms with Gasteiger partial charge < -0.3 is 14.8 Å². The molecule has 0 aromatic carbocycles. The van der Waals surface area contributed by atoms with Crippen LogP contribution in [0.5, 0.6) is 0 Å². The maximum absolute atomic E-state index is 11.3. The first-order valence-electron chi connectivity index (χ1n) is 7.23. The molecule has 0 spiro atoms. The van der Waals surface area contributed by atoms with Crippen LogP contribution in [0.1, 0.15) is 38.3 Å². The van der Waals surface area contributed by atoms with Gasteiger partial charge in [0.25, 0.3) is 0 Å². The van der Waals surface area contributed by atoms with Gasteiger partial charge in [-0.25, -0.2) is 4.98 Å². The quantitative estimate of drug-likeness (QED) is 0.748. The van der Waals surface area contributed by atoms with E-state index >= 15 is 0 Å². The minimum atomic E-state index is -0.159. The van der Waals surface area contributed by atoms with Gasteiger partial charge >= 0.3 is 5.97 Å². The Hall–Kier alpha value is -1.14. The van der Waals surface area contributed by atoms with Crippen LogP contribution in [0.15, 0.2) is 5.38 Å². The van der Waals surface area contributed by atoms with E-state index in [9.17, 15) is 4.79 Å². The number of rotatable bonds is 8. The molecule has 1 atom stereocenters. The van der Waals surface area contributed by atoms with Gasteiger partial charge in [0, 0.05) is 25.0 Å². The molecule has 6 heteroatoms. The molecule has 1 aromatic heterocycles. The SMILES string of the molecule is CCOC(=O)CCc1csc(NCCC2CCCO2)n1. The van der Waals surface area contributed by atoms with Crippen molar-refractivity contribution in [2.24, 2.45) is 0 Å². The van der Waals surface area contributed by atoms with Gasteiger partial charge in [-0.1, -0.05) is 0 Å². The Balaban J connectivity index is 1.65. The molecule has 1 fully saturated rings. The first-order chi connectivity index (χ1) is 9.78. The third-order valence-corrected chi connectivity index (χ3v) is 4.06. The number of anilines is 1. The Morgan fingerprint density at radius 2 is 2.55 bits per heavy atom. The number of nitrogens with one attached hydrogen (secondary N) is 1. The lowest BCUT2D eigenvalue weighted by molar-refractivity contribution is -0.143. The third kappa shape index (κ3) is 5.09. The molecule has 2 rings (SSSR count). The molecular formula is C14H22N2O3S. The fourth-order valence-electron chi connectivity index (χ4n) is 2.18. The monoisotopic (exact) mass is 298 g/mol. The molecule has 0 aliphatic carbocycles. The van der Waals surface area contributed by atoms with Crippen molar-refractivity contribution in [2.75, 3.05) is 25.1 Å². The largest absolute Gasteiger partial charge is 0.466 e. The average molecular weight is 298 g/mol. The van der Waals surface area contributed by atoms with Crippen LogP contribution in [0, 0.1) is 0 Å². The number of hydrogen-bond donors (Lipinski definition) is 1. The van der Waals surface area contributed by atoms with Crippen molar-refractivity contribution in [3.05, 3.63) is 11.1 Å². The number of carbonyl (C=O) groups is 1. The molecule has 112 valence electrons. The number of aryl methyl sites for hydroxylation is 1. The highest BCUT2D eigenvalue weighted by atomic mass is 32.1. The summed E-state index contributed by atoms with van der Waals surface area (Å²) >= 11 is 1.58. The van der Waals surface area contributed by atoms with Gasteiger partial charge in [-0.15, -0.1) is 11.3 Å². The summed E-state index contributed by atoms with van der Waals surface area (Å²) in [5.74, 6) is -0.159. The minimum absolute atomic E-state index is 0.159. The highest BCUT2D eigenvalue weighted by Gasteiger charge is 2.14. The Labute approximate surface area is 123 Å². The van der Waals surface area contributed by atoms with Crippen LogP contribution in [-0.4, -0.2) is 36.8 Å². The fraction of sp³-hybridized carbons (Fsp3) is 0.714. The molecule has 5 nitrogen and oxygen atoms in total. The third-order valence-electron chi connectivity index (χ3n) is 3.21. The molecule has 1 unspecified atom stereocenters. The summed E-state index contributed by atoms with van der Waals surface area (Å²) in [4.78, 5) is 15.7. The van der Waals surface area contributed by atoms with E-state index < -0.39 is 0 Å². The molecule has 0 saturated carbocycles. The summed E-state index contributed by atoms with van der Waals surface area (Å²) in [5, 5.41) is 6.23. The van der Waals surface area contributed by atoms with Crippen molar-refractivity contribution < 1.29 is 14.3 Å². The van der Waals surface area contributed by atoms with Gasteiger partial charge in [-0.2, -0.15) is 0 Å². The number of esters is 1. The van der Waals surface area contributed by atoms with Gasteiger partial charge in [-0.05, 0) is 26.2 Å². The lowest BCUT2D eigenvalue weighted by Crippen LogP contribution is -2.12. The Morgan fingerprint density at radius 1 is 1.65 bits per heavy atom. The molecule has 20 heavy (non-hydrogen) atoms. The van der Waals surface area contributed by atoms with Crippen molar-refractivity contribution in [3.8, 4) is 0 Å². The number of hydrogen-bond acceptors (Lipinski definition) is 6. The Kier molecular flexibility index (Phi) is 6.26. The van der Waals surface area contributed by atoms with Gasteiger partial charge in [0.1, 0.15) is 0 Å². The summed E-state index contributed by atoms with van der Waals surface area (Å²) in [6.45, 7) is 4.04. The lowest BCUT2D eigenvalue weighted by Gasteiger charge is -2.08. The molecule has 2 heterocycles. The van der Waals surface area contributed by atoms with Gasteiger partial charge in [0.2, 0.25) is 0 Å². The van der Waals surface area contributed by atoms with E-state index in [1.165, 1.54) is 12.8 Å². The zero-order valence-corrected chi connectivity index (χ0v) is 12.7. The van der Waals surface area contributed by atoms with E-state index in [0.717, 1.165) is 30.4 Å². The summed E-state index contributed by atoms with van der Waals surface area (Å²) in [5.41, 5.74) is 0.947. The predicted octanol–water partition coefficient (Wildman–Crippen LogP) is 2.62. The molecule has 1 aliphatic heterocycles. The standard InChI is InChI=1S/C14H22N2O3S/c1-2-18-13(17)6-5-11-10-20-14(16-11)15-8-7-12-4-3-9-19-12/h10,12H,2-9H2,1H3,(H,15,16). The molecule has 0 amide bonds. The van der Waals surface area contributed by atoms with Crippen LogP contribution in [0.3, 0.4) is 0 Å². The van der Waals surface area contributed by atoms with Crippen LogP contribution in [0.4, 0.5) is 5.13 Å². The van der Waals surface area contributed by atoms with Crippen LogP contribution >= 0.6 is 11.3 Å². The second-order valence-corrected chi connectivity index (χ2v) is 5.66. The first kappa shape index (κ1) is 15.3. The maximum Gasteiger partial charge on any atom is 0.306 e. The molecule has 1 saturated heterocycles. The zero-order valence-electron chi connectivity index (χ0n) is 11.9. The average Bonchev–Trinajstić information content (AvgIpc) is 3.08. The molecule has 1 aliphatic rings. The minimum Gasteiger partial charge on any atom is -0.466 e. The highest BCUT2D eigenvalue weighted by Crippen LogP contribution is 2.18. The number of ether oxygens (including phenoxy) is 2. The number of nitrogens with zero attached hydrogens (tertiary/aromatic N) is 1. The predicted molar refractivity (Wildman–Crippen MR) is 79.1 cm³/mol. The van der Waals surface area contributed by atoms with E-state index in [4.69, 9.17) is 9.47 Å². The Morgan fingerprint density at radius 3 is 3.30 bits per heavy atom. The molecule has 0 radical (unpaired) electrons. The lowest BCUT2D eigenvalue weighted by atomic mass is 10.2. The van der Waals surface area contributed by atoms with E-state index in [1.807, 2.05) is 12.3 Å². The summed E-state index contributed by atoms with van der Waals surface area (Å²) in [7, 11) is 0. The molecule has 1 N–H and O–H groups in total. The van der Waals surface area contributed by atoms with Crippen molar-refractivity contribution >= 4 is 22.4 Å². The normalized spacial score (nSPS) is 18.1. The van der Waals surface area contributed by atoms with Crippen LogP contribution < -0.4 is 5.32 Å². The van der Waals surface area contributed by atoms with Gasteiger partial charge in [-0.3, -0.25) is 4.79 Å². The number of aromatic nitrogens is 1. The summed E-state index contributed by atoms with van der Waals surface area (Å²) in [6, 6.07) is 0. The zero-order chi connectivity index (χ0) is 14.2. The van der Waals surface area contributed by atoms with Crippen LogP contribution in [0.25, 0.3) is 0 Å². The Bertz CT molecular complexity index is 416. The smallest absolute Gasteiger partial charge is 0.306 e. The van der Waals surface area contributed by atoms with Crippen LogP contribution in [-0.2, 0) is 20.7 Å². The fourth-order valence-corrected chi connectivity index (χ4v) is 2.95. The topological polar surface area (TPSA) is 60.5 Å². The van der Waals surface area contributed by atoms with Crippen molar-refractivity contribution in [3.63, 3.8) is 0 Å². The van der Waals surface area contributed by atoms with E-state index in [2.05, 4.69) is 10.3 Å². The summed E-state index contributed by atoms with van der Waals surface area (Å²) in [6.07, 6.45) is 4.82. The van der Waals surface area contributed by atoms with Crippen molar-refractivity contribution in [2.45, 2.75) is 45.1 Å². The highest BCUT2D eigenvalue weighted by molar-refractivity contribution is 7.13. The van der Waals surface area contributed by atoms with Crippen molar-refractivity contribution in [1.82, 2.24) is 4.98 Å². The summed E-state index contributed by atoms with van der Waals surface area (Å²) < 4.78 is 10.5. The first-order valence-corrected chi connectivity index (χ1v) is 8.11. The second-order valence-electron chi connectivity index (χ2n) is 4.80. The van der Waals surface area contributed by atoms with Gasteiger partial charge in [0.15, 0.2) is 5.13 Å². The van der Waals surface area contributed by atoms with Gasteiger partial charge in [0.05, 0.1) is 24.8 Å². The van der Waals surface area contributed by atoms with Crippen LogP contribution in [0.2, 0.25) is 0 Å². The number of carbonyl (C=O) groups excluding carboxylic acids is 1.